The zero-order chi connectivity index (χ0) is 48.2. The van der Waals surface area contributed by atoms with Crippen molar-refractivity contribution >= 4 is 107 Å². The molecule has 11 aromatic rings. The van der Waals surface area contributed by atoms with Gasteiger partial charge in [-0.2, -0.15) is 0 Å². The maximum Gasteiger partial charge on any atom is 0.247 e. The van der Waals surface area contributed by atoms with E-state index < -0.39 is 0 Å². The van der Waals surface area contributed by atoms with Gasteiger partial charge in [0.2, 0.25) is 13.4 Å². The fourth-order valence-electron chi connectivity index (χ4n) is 12.9. The summed E-state index contributed by atoms with van der Waals surface area (Å²) in [5.41, 5.74) is 35.4. The molecule has 13 rings (SSSR count). The molecule has 70 heavy (non-hydrogen) atoms. The molecule has 0 fully saturated rings. The largest absolute Gasteiger partial charge is 0.456 e. The predicted octanol–water partition coefficient (Wildman–Crippen LogP) is 13.3. The Kier molecular flexibility index (Phi) is 9.28. The van der Waals surface area contributed by atoms with Crippen LogP contribution in [0.4, 0.5) is 17.1 Å². The van der Waals surface area contributed by atoms with Crippen LogP contribution in [0.2, 0.25) is 0 Å². The molecule has 0 unspecified atom stereocenters. The van der Waals surface area contributed by atoms with Gasteiger partial charge in [0.25, 0.3) is 0 Å². The summed E-state index contributed by atoms with van der Waals surface area (Å²) in [5.74, 6) is 0. The average Bonchev–Trinajstić information content (AvgIpc) is 3.95. The topological polar surface area (TPSA) is 29.5 Å². The summed E-state index contributed by atoms with van der Waals surface area (Å²) in [6.45, 7) is 25.7. The van der Waals surface area contributed by atoms with Crippen molar-refractivity contribution in [1.29, 1.82) is 0 Å². The second-order valence-electron chi connectivity index (χ2n) is 20.7. The lowest BCUT2D eigenvalue weighted by Crippen LogP contribution is -2.66. The van der Waals surface area contributed by atoms with Crippen LogP contribution < -0.4 is 37.7 Å². The lowest BCUT2D eigenvalue weighted by molar-refractivity contribution is 0.668. The van der Waals surface area contributed by atoms with E-state index in [-0.39, 0.29) is 13.4 Å². The molecule has 2 aliphatic rings. The van der Waals surface area contributed by atoms with Gasteiger partial charge >= 0.3 is 0 Å². The van der Waals surface area contributed by atoms with Crippen LogP contribution in [0.25, 0.3) is 66.1 Å². The molecule has 0 spiro atoms. The Balaban J connectivity index is 1.10. The van der Waals surface area contributed by atoms with Crippen LogP contribution in [0, 0.1) is 76.2 Å². The van der Waals surface area contributed by atoms with E-state index in [2.05, 4.69) is 202 Å². The number of hydrogen-bond acceptors (Lipinski definition) is 3. The lowest BCUT2D eigenvalue weighted by atomic mass is 9.29. The van der Waals surface area contributed by atoms with Crippen molar-refractivity contribution in [3.8, 4) is 22.3 Å². The highest BCUT2D eigenvalue weighted by Gasteiger charge is 2.45. The molecule has 0 atom stereocenters. The van der Waals surface area contributed by atoms with Gasteiger partial charge in [0, 0.05) is 38.6 Å². The minimum Gasteiger partial charge on any atom is -0.456 e. The Bertz CT molecular complexity index is 3790. The van der Waals surface area contributed by atoms with Gasteiger partial charge in [-0.05, 0) is 202 Å². The first-order valence-electron chi connectivity index (χ1n) is 25.0. The standard InChI is InChI=1S/C65H55B2NO2/c1-34-28-55-65-56(29-34)67(64-43(10)39(6)36(3)40(7)44(64)11)54-31-46(48-21-25-52-50-17-13-15-19-60(50)70-62(52)33-48)23-27-58(54)68(65)57-26-22-45(47-20-24-51-49-16-12-14-18-59(49)69-61(51)32-47)30-53(57)66(55)63-41(8)37(4)35(2)38(5)42(63)9/h12-33H,1-11H3. The van der Waals surface area contributed by atoms with Crippen LogP contribution in [-0.4, -0.2) is 13.4 Å². The van der Waals surface area contributed by atoms with Gasteiger partial charge in [-0.3, -0.25) is 0 Å². The average molecular weight is 904 g/mol. The molecular weight excluding hydrogens is 848 g/mol. The van der Waals surface area contributed by atoms with E-state index in [1.165, 1.54) is 122 Å². The normalized spacial score (nSPS) is 13.0. The molecule has 0 saturated heterocycles. The van der Waals surface area contributed by atoms with Gasteiger partial charge in [-0.25, -0.2) is 0 Å². The summed E-state index contributed by atoms with van der Waals surface area (Å²) in [5, 5.41) is 4.58. The molecule has 338 valence electrons. The third-order valence-electron chi connectivity index (χ3n) is 17.4. The van der Waals surface area contributed by atoms with Crippen molar-refractivity contribution in [3.63, 3.8) is 0 Å². The van der Waals surface area contributed by atoms with Gasteiger partial charge in [-0.15, -0.1) is 0 Å². The van der Waals surface area contributed by atoms with E-state index >= 15 is 0 Å². The first-order chi connectivity index (χ1) is 33.8. The van der Waals surface area contributed by atoms with E-state index in [0.717, 1.165) is 55.0 Å². The number of rotatable bonds is 4. The minimum absolute atomic E-state index is 0.00604. The van der Waals surface area contributed by atoms with Gasteiger partial charge in [0.05, 0.1) is 0 Å². The molecule has 2 aliphatic heterocycles. The van der Waals surface area contributed by atoms with Crippen molar-refractivity contribution in [1.82, 2.24) is 0 Å². The maximum absolute atomic E-state index is 6.49. The molecule has 0 N–H and O–H groups in total. The summed E-state index contributed by atoms with van der Waals surface area (Å²) in [7, 11) is 0. The lowest BCUT2D eigenvalue weighted by Gasteiger charge is -2.45. The molecule has 3 nitrogen and oxygen atoms in total. The number of benzene rings is 9. The van der Waals surface area contributed by atoms with E-state index in [1.807, 2.05) is 12.1 Å². The first-order valence-corrected chi connectivity index (χ1v) is 25.0. The Hall–Kier alpha value is -7.49. The van der Waals surface area contributed by atoms with Crippen molar-refractivity contribution < 1.29 is 8.83 Å². The Morgan fingerprint density at radius 3 is 1.07 bits per heavy atom. The van der Waals surface area contributed by atoms with Gasteiger partial charge < -0.3 is 13.7 Å². The second-order valence-corrected chi connectivity index (χ2v) is 20.7. The highest BCUT2D eigenvalue weighted by molar-refractivity contribution is 7.02. The van der Waals surface area contributed by atoms with E-state index in [9.17, 15) is 0 Å². The number of fused-ring (bicyclic) bond motifs is 10. The summed E-state index contributed by atoms with van der Waals surface area (Å²) in [6, 6.07) is 49.8. The summed E-state index contributed by atoms with van der Waals surface area (Å²) in [6.07, 6.45) is 0. The third kappa shape index (κ3) is 5.90. The van der Waals surface area contributed by atoms with Gasteiger partial charge in [-0.1, -0.05) is 124 Å². The van der Waals surface area contributed by atoms with Gasteiger partial charge in [0.1, 0.15) is 22.3 Å². The SMILES string of the molecule is Cc1cc2c3c(c1)B(c1c(C)c(C)c(C)c(C)c1C)c1cc(-c4ccc5c(c4)oc4ccccc45)ccc1N3c1ccc(-c3ccc4c(c3)oc3ccccc34)cc1B2c1c(C)c(C)c(C)c(C)c1C. The first kappa shape index (κ1) is 42.6. The Morgan fingerprint density at radius 1 is 0.314 bits per heavy atom. The number of nitrogens with zero attached hydrogens (tertiary/aromatic N) is 1. The van der Waals surface area contributed by atoms with Crippen LogP contribution in [0.1, 0.15) is 61.2 Å². The molecular formula is C65H55B2NO2. The number of aryl methyl sites for hydroxylation is 1. The fraction of sp³-hybridized carbons (Fsp3) is 0.169. The second kappa shape index (κ2) is 15.3. The number of furan rings is 2. The predicted molar refractivity (Wildman–Crippen MR) is 301 cm³/mol. The highest BCUT2D eigenvalue weighted by Crippen LogP contribution is 2.42. The summed E-state index contributed by atoms with van der Waals surface area (Å²) in [4.78, 5) is 2.64. The van der Waals surface area contributed by atoms with E-state index in [4.69, 9.17) is 8.83 Å². The summed E-state index contributed by atoms with van der Waals surface area (Å²) < 4.78 is 13.0. The van der Waals surface area contributed by atoms with E-state index in [1.54, 1.807) is 0 Å². The molecule has 4 heterocycles. The van der Waals surface area contributed by atoms with Crippen LogP contribution in [0.3, 0.4) is 0 Å². The third-order valence-corrected chi connectivity index (χ3v) is 17.4. The van der Waals surface area contributed by atoms with Crippen molar-refractivity contribution in [2.75, 3.05) is 4.90 Å². The molecule has 0 bridgehead atoms. The van der Waals surface area contributed by atoms with Crippen LogP contribution in [-0.2, 0) is 0 Å². The summed E-state index contributed by atoms with van der Waals surface area (Å²) >= 11 is 0. The van der Waals surface area contributed by atoms with Crippen LogP contribution in [0.5, 0.6) is 0 Å². The van der Waals surface area contributed by atoms with Crippen molar-refractivity contribution in [3.05, 3.63) is 195 Å². The molecule has 0 amide bonds. The molecule has 9 aromatic carbocycles. The fourth-order valence-corrected chi connectivity index (χ4v) is 12.9. The number of anilines is 3. The molecule has 2 aromatic heterocycles. The monoisotopic (exact) mass is 903 g/mol. The van der Waals surface area contributed by atoms with Crippen LogP contribution in [0.15, 0.2) is 142 Å². The highest BCUT2D eigenvalue weighted by atomic mass is 16.3. The Morgan fingerprint density at radius 2 is 0.657 bits per heavy atom. The number of hydrogen-bond donors (Lipinski definition) is 0. The van der Waals surface area contributed by atoms with Gasteiger partial charge in [0.15, 0.2) is 0 Å². The zero-order valence-corrected chi connectivity index (χ0v) is 42.1. The van der Waals surface area contributed by atoms with Crippen molar-refractivity contribution in [2.45, 2.75) is 76.2 Å². The molecule has 0 radical (unpaired) electrons. The Labute approximate surface area is 411 Å². The van der Waals surface area contributed by atoms with Crippen LogP contribution >= 0.6 is 0 Å². The number of para-hydroxylation sites is 2. The molecule has 5 heteroatoms. The minimum atomic E-state index is -0.00604. The molecule has 0 aliphatic carbocycles. The zero-order valence-electron chi connectivity index (χ0n) is 42.1. The smallest absolute Gasteiger partial charge is 0.247 e. The maximum atomic E-state index is 6.49. The quantitative estimate of drug-likeness (QED) is 0.165. The van der Waals surface area contributed by atoms with E-state index in [0.29, 0.717) is 0 Å². The molecule has 0 saturated carbocycles. The van der Waals surface area contributed by atoms with Crippen molar-refractivity contribution in [2.24, 2.45) is 0 Å².